The van der Waals surface area contributed by atoms with E-state index in [1.807, 2.05) is 18.2 Å². The molecule has 88 valence electrons. The lowest BCUT2D eigenvalue weighted by atomic mass is 10.2. The molecular formula is C11H14ClNO2S. The number of halogens is 1. The molecule has 0 radical (unpaired) electrons. The third-order valence-corrected chi connectivity index (χ3v) is 4.84. The van der Waals surface area contributed by atoms with E-state index < -0.39 is 10.0 Å². The minimum Gasteiger partial charge on any atom is -0.212 e. The van der Waals surface area contributed by atoms with Gasteiger partial charge in [-0.05, 0) is 30.5 Å². The summed E-state index contributed by atoms with van der Waals surface area (Å²) in [4.78, 5) is 0. The summed E-state index contributed by atoms with van der Waals surface area (Å²) in [5.41, 5.74) is 0.943. The topological polar surface area (TPSA) is 37.4 Å². The molecule has 2 rings (SSSR count). The van der Waals surface area contributed by atoms with Crippen molar-refractivity contribution in [2.75, 3.05) is 12.3 Å². The minimum absolute atomic E-state index is 0.271. The maximum atomic E-state index is 11.8. The van der Waals surface area contributed by atoms with Crippen LogP contribution < -0.4 is 0 Å². The Morgan fingerprint density at radius 1 is 1.31 bits per heavy atom. The second-order valence-corrected chi connectivity index (χ2v) is 6.51. The highest BCUT2D eigenvalue weighted by atomic mass is 35.5. The molecule has 3 nitrogen and oxygen atoms in total. The van der Waals surface area contributed by atoms with E-state index in [4.69, 9.17) is 11.6 Å². The van der Waals surface area contributed by atoms with Crippen molar-refractivity contribution < 1.29 is 8.42 Å². The first-order valence-corrected chi connectivity index (χ1v) is 7.29. The van der Waals surface area contributed by atoms with Gasteiger partial charge >= 0.3 is 0 Å². The van der Waals surface area contributed by atoms with Crippen molar-refractivity contribution >= 4 is 21.6 Å². The van der Waals surface area contributed by atoms with E-state index >= 15 is 0 Å². The molecule has 0 unspecified atom stereocenters. The summed E-state index contributed by atoms with van der Waals surface area (Å²) < 4.78 is 25.1. The van der Waals surface area contributed by atoms with Crippen LogP contribution in [0.3, 0.4) is 0 Å². The van der Waals surface area contributed by atoms with Crippen LogP contribution in [0.5, 0.6) is 0 Å². The highest BCUT2D eigenvalue weighted by Crippen LogP contribution is 2.18. The molecule has 5 heteroatoms. The van der Waals surface area contributed by atoms with Crippen LogP contribution in [0.25, 0.3) is 0 Å². The van der Waals surface area contributed by atoms with Crippen molar-refractivity contribution in [3.05, 3.63) is 34.9 Å². The third-order valence-electron chi connectivity index (χ3n) is 2.70. The van der Waals surface area contributed by atoms with Gasteiger partial charge in [-0.3, -0.25) is 0 Å². The molecule has 0 atom stereocenters. The van der Waals surface area contributed by atoms with Crippen LogP contribution in [0, 0.1) is 0 Å². The molecule has 1 saturated heterocycles. The van der Waals surface area contributed by atoms with Crippen LogP contribution in [-0.4, -0.2) is 25.0 Å². The number of hydrogen-bond acceptors (Lipinski definition) is 2. The first kappa shape index (κ1) is 11.9. The van der Waals surface area contributed by atoms with Gasteiger partial charge in [-0.2, -0.15) is 4.31 Å². The molecule has 1 aromatic rings. The lowest BCUT2D eigenvalue weighted by Gasteiger charge is -2.26. The second kappa shape index (κ2) is 4.73. The quantitative estimate of drug-likeness (QED) is 0.817. The smallest absolute Gasteiger partial charge is 0.212 e. The number of rotatable bonds is 2. The second-order valence-electron chi connectivity index (χ2n) is 3.99. The fraction of sp³-hybridized carbons (Fsp3) is 0.455. The summed E-state index contributed by atoms with van der Waals surface area (Å²) in [5, 5.41) is 0.645. The largest absolute Gasteiger partial charge is 0.214 e. The van der Waals surface area contributed by atoms with Gasteiger partial charge < -0.3 is 0 Å². The zero-order chi connectivity index (χ0) is 11.6. The molecule has 0 bridgehead atoms. The Kier molecular flexibility index (Phi) is 3.52. The van der Waals surface area contributed by atoms with E-state index in [0.29, 0.717) is 18.1 Å². The number of nitrogens with zero attached hydrogens (tertiary/aromatic N) is 1. The van der Waals surface area contributed by atoms with Crippen LogP contribution in [0.15, 0.2) is 24.3 Å². The fourth-order valence-corrected chi connectivity index (χ4v) is 3.65. The van der Waals surface area contributed by atoms with Crippen LogP contribution in [0.1, 0.15) is 18.4 Å². The summed E-state index contributed by atoms with van der Waals surface area (Å²) in [6, 6.07) is 7.34. The van der Waals surface area contributed by atoms with Crippen LogP contribution >= 0.6 is 11.6 Å². The Labute approximate surface area is 101 Å². The Bertz CT molecular complexity index is 473. The highest BCUT2D eigenvalue weighted by Gasteiger charge is 2.25. The minimum atomic E-state index is -3.04. The Hall–Kier alpha value is -0.580. The molecule has 1 aliphatic rings. The maximum Gasteiger partial charge on any atom is 0.214 e. The predicted octanol–water partition coefficient (Wildman–Crippen LogP) is 2.27. The molecule has 1 aliphatic heterocycles. The van der Waals surface area contributed by atoms with Crippen LogP contribution in [0.2, 0.25) is 5.02 Å². The molecule has 0 aliphatic carbocycles. The van der Waals surface area contributed by atoms with Crippen LogP contribution in [0.4, 0.5) is 0 Å². The Morgan fingerprint density at radius 2 is 2.12 bits per heavy atom. The van der Waals surface area contributed by atoms with E-state index in [1.165, 1.54) is 0 Å². The van der Waals surface area contributed by atoms with E-state index in [2.05, 4.69) is 0 Å². The zero-order valence-corrected chi connectivity index (χ0v) is 10.5. The lowest BCUT2D eigenvalue weighted by molar-refractivity contribution is 0.378. The normalized spacial score (nSPS) is 20.8. The van der Waals surface area contributed by atoms with Crippen molar-refractivity contribution in [3.8, 4) is 0 Å². The predicted molar refractivity (Wildman–Crippen MR) is 64.9 cm³/mol. The van der Waals surface area contributed by atoms with E-state index in [9.17, 15) is 8.42 Å². The molecule has 1 fully saturated rings. The Balaban J connectivity index is 2.15. The van der Waals surface area contributed by atoms with Gasteiger partial charge in [0.25, 0.3) is 0 Å². The van der Waals surface area contributed by atoms with Gasteiger partial charge in [-0.15, -0.1) is 0 Å². The summed E-state index contributed by atoms with van der Waals surface area (Å²) in [7, 11) is -3.04. The van der Waals surface area contributed by atoms with E-state index in [0.717, 1.165) is 18.4 Å². The van der Waals surface area contributed by atoms with Crippen LogP contribution in [-0.2, 0) is 16.6 Å². The zero-order valence-electron chi connectivity index (χ0n) is 8.89. The number of hydrogen-bond donors (Lipinski definition) is 0. The fourth-order valence-electron chi connectivity index (χ4n) is 1.86. The van der Waals surface area contributed by atoms with Crippen molar-refractivity contribution in [3.63, 3.8) is 0 Å². The third kappa shape index (κ3) is 2.75. The SMILES string of the molecule is O=S1(=O)CCCCN1Cc1cccc(Cl)c1. The molecule has 0 spiro atoms. The summed E-state index contributed by atoms with van der Waals surface area (Å²) in [6.45, 7) is 1.05. The molecular weight excluding hydrogens is 246 g/mol. The van der Waals surface area contributed by atoms with Gasteiger partial charge in [-0.1, -0.05) is 23.7 Å². The van der Waals surface area contributed by atoms with E-state index in [-0.39, 0.29) is 5.75 Å². The summed E-state index contributed by atoms with van der Waals surface area (Å²) >= 11 is 5.87. The standard InChI is InChI=1S/C11H14ClNO2S/c12-11-5-3-4-10(8-11)9-13-6-1-2-7-16(13,14)15/h3-5,8H,1-2,6-7,9H2. The van der Waals surface area contributed by atoms with Crippen molar-refractivity contribution in [1.29, 1.82) is 0 Å². The van der Waals surface area contributed by atoms with Crippen molar-refractivity contribution in [2.24, 2.45) is 0 Å². The molecule has 1 heterocycles. The average molecular weight is 260 g/mol. The maximum absolute atomic E-state index is 11.8. The average Bonchev–Trinajstić information content (AvgIpc) is 2.21. The molecule has 0 N–H and O–H groups in total. The summed E-state index contributed by atoms with van der Waals surface area (Å²) in [5.74, 6) is 0.271. The van der Waals surface area contributed by atoms with Gasteiger partial charge in [-0.25, -0.2) is 8.42 Å². The number of benzene rings is 1. The van der Waals surface area contributed by atoms with E-state index in [1.54, 1.807) is 10.4 Å². The van der Waals surface area contributed by atoms with Gasteiger partial charge in [0, 0.05) is 18.1 Å². The van der Waals surface area contributed by atoms with Gasteiger partial charge in [0.15, 0.2) is 0 Å². The van der Waals surface area contributed by atoms with Gasteiger partial charge in [0.05, 0.1) is 5.75 Å². The highest BCUT2D eigenvalue weighted by molar-refractivity contribution is 7.89. The molecule has 16 heavy (non-hydrogen) atoms. The monoisotopic (exact) mass is 259 g/mol. The van der Waals surface area contributed by atoms with Crippen molar-refractivity contribution in [2.45, 2.75) is 19.4 Å². The molecule has 0 saturated carbocycles. The first-order chi connectivity index (χ1) is 7.58. The molecule has 1 aromatic carbocycles. The molecule has 0 amide bonds. The van der Waals surface area contributed by atoms with Crippen molar-refractivity contribution in [1.82, 2.24) is 4.31 Å². The summed E-state index contributed by atoms with van der Waals surface area (Å²) in [6.07, 6.45) is 1.72. The Morgan fingerprint density at radius 3 is 2.81 bits per heavy atom. The van der Waals surface area contributed by atoms with Gasteiger partial charge in [0.1, 0.15) is 0 Å². The lowest BCUT2D eigenvalue weighted by Crippen LogP contribution is -2.37. The molecule has 0 aromatic heterocycles. The first-order valence-electron chi connectivity index (χ1n) is 5.30. The van der Waals surface area contributed by atoms with Gasteiger partial charge in [0.2, 0.25) is 10.0 Å². The number of sulfonamides is 1.